The highest BCUT2D eigenvalue weighted by Gasteiger charge is 2.47. The van der Waals surface area contributed by atoms with Crippen molar-refractivity contribution in [3.05, 3.63) is 83.7 Å². The first-order valence-corrected chi connectivity index (χ1v) is 12.0. The average Bonchev–Trinajstić information content (AvgIpc) is 3.46. The number of amides is 2. The number of likely N-dealkylation sites (tertiary alicyclic amines) is 1. The van der Waals surface area contributed by atoms with Crippen LogP contribution in [0, 0.1) is 18.7 Å². The number of aromatic nitrogens is 2. The molecule has 6 nitrogen and oxygen atoms in total. The number of nitrogens with zero attached hydrogens (tertiary/aromatic N) is 3. The van der Waals surface area contributed by atoms with Gasteiger partial charge in [-0.15, -0.1) is 0 Å². The summed E-state index contributed by atoms with van der Waals surface area (Å²) in [6, 6.07) is 13.7. The van der Waals surface area contributed by atoms with Gasteiger partial charge in [0.2, 0.25) is 5.91 Å². The number of hydrogen-bond acceptors (Lipinski definition) is 3. The fourth-order valence-electron chi connectivity index (χ4n) is 5.51. The molecule has 1 aliphatic carbocycles. The van der Waals surface area contributed by atoms with Gasteiger partial charge in [-0.05, 0) is 61.9 Å². The molecule has 7 heteroatoms. The van der Waals surface area contributed by atoms with Gasteiger partial charge >= 0.3 is 0 Å². The summed E-state index contributed by atoms with van der Waals surface area (Å²) in [5.74, 6) is 0.425. The van der Waals surface area contributed by atoms with E-state index in [1.807, 2.05) is 30.0 Å². The highest BCUT2D eigenvalue weighted by Crippen LogP contribution is 2.40. The van der Waals surface area contributed by atoms with Crippen molar-refractivity contribution in [3.63, 3.8) is 0 Å². The van der Waals surface area contributed by atoms with Gasteiger partial charge in [0.15, 0.2) is 0 Å². The van der Waals surface area contributed by atoms with Crippen molar-refractivity contribution in [2.24, 2.45) is 5.92 Å². The molecule has 3 atom stereocenters. The summed E-state index contributed by atoms with van der Waals surface area (Å²) in [5, 5.41) is 2.96. The fourth-order valence-corrected chi connectivity index (χ4v) is 5.51. The number of imidazole rings is 1. The molecule has 2 aromatic carbocycles. The Balaban J connectivity index is 1.31. The molecule has 1 saturated carbocycles. The van der Waals surface area contributed by atoms with Crippen LogP contribution in [0.15, 0.2) is 60.9 Å². The van der Waals surface area contributed by atoms with Crippen LogP contribution in [0.5, 0.6) is 0 Å². The summed E-state index contributed by atoms with van der Waals surface area (Å²) < 4.78 is 16.4. The summed E-state index contributed by atoms with van der Waals surface area (Å²) in [6.45, 7) is 2.02. The molecule has 3 aromatic rings. The normalized spacial score (nSPS) is 21.8. The number of nitrogens with one attached hydrogen (secondary N) is 1. The second-order valence-electron chi connectivity index (χ2n) is 9.29. The quantitative estimate of drug-likeness (QED) is 0.613. The largest absolute Gasteiger partial charge is 0.350 e. The van der Waals surface area contributed by atoms with Crippen molar-refractivity contribution in [2.45, 2.75) is 57.7 Å². The van der Waals surface area contributed by atoms with Gasteiger partial charge in [-0.3, -0.25) is 9.59 Å². The smallest absolute Gasteiger partial charge is 0.254 e. The molecule has 1 aromatic heterocycles. The van der Waals surface area contributed by atoms with Gasteiger partial charge in [0.05, 0.1) is 5.69 Å². The predicted octanol–water partition coefficient (Wildman–Crippen LogP) is 4.41. The van der Waals surface area contributed by atoms with E-state index in [1.54, 1.807) is 41.2 Å². The number of aryl methyl sites for hydroxylation is 1. The van der Waals surface area contributed by atoms with E-state index in [1.165, 1.54) is 6.07 Å². The number of benzene rings is 2. The van der Waals surface area contributed by atoms with Crippen molar-refractivity contribution in [1.82, 2.24) is 19.8 Å². The molecule has 176 valence electrons. The lowest BCUT2D eigenvalue weighted by Crippen LogP contribution is -2.49. The maximum Gasteiger partial charge on any atom is 0.254 e. The highest BCUT2D eigenvalue weighted by molar-refractivity contribution is 5.98. The number of halogens is 1. The first-order valence-electron chi connectivity index (χ1n) is 12.0. The third-order valence-corrected chi connectivity index (χ3v) is 7.21. The van der Waals surface area contributed by atoms with E-state index >= 15 is 0 Å². The van der Waals surface area contributed by atoms with Crippen LogP contribution >= 0.6 is 0 Å². The van der Waals surface area contributed by atoms with Crippen LogP contribution in [0.25, 0.3) is 5.69 Å². The zero-order valence-corrected chi connectivity index (χ0v) is 19.3. The Bertz CT molecular complexity index is 1190. The molecule has 0 bridgehead atoms. The van der Waals surface area contributed by atoms with Crippen LogP contribution in [0.3, 0.4) is 0 Å². The highest BCUT2D eigenvalue weighted by atomic mass is 19.1. The summed E-state index contributed by atoms with van der Waals surface area (Å²) in [4.78, 5) is 32.6. The summed E-state index contributed by atoms with van der Waals surface area (Å²) in [6.07, 6.45) is 8.24. The van der Waals surface area contributed by atoms with E-state index in [0.717, 1.165) is 25.7 Å². The summed E-state index contributed by atoms with van der Waals surface area (Å²) >= 11 is 0. The van der Waals surface area contributed by atoms with E-state index in [-0.39, 0.29) is 30.2 Å². The molecule has 3 unspecified atom stereocenters. The Kier molecular flexibility index (Phi) is 6.18. The number of hydrogen-bond donors (Lipinski definition) is 1. The molecule has 0 spiro atoms. The van der Waals surface area contributed by atoms with Crippen LogP contribution in [0.4, 0.5) is 4.39 Å². The van der Waals surface area contributed by atoms with Gasteiger partial charge in [-0.2, -0.15) is 0 Å². The van der Waals surface area contributed by atoms with Crippen LogP contribution in [0.1, 0.15) is 53.8 Å². The van der Waals surface area contributed by atoms with E-state index in [2.05, 4.69) is 10.3 Å². The summed E-state index contributed by atoms with van der Waals surface area (Å²) in [5.41, 5.74) is 1.70. The van der Waals surface area contributed by atoms with Crippen LogP contribution in [-0.2, 0) is 11.3 Å². The average molecular weight is 461 g/mol. The Labute approximate surface area is 198 Å². The zero-order chi connectivity index (χ0) is 23.7. The molecule has 5 rings (SSSR count). The third-order valence-electron chi connectivity index (χ3n) is 7.21. The molecule has 2 aliphatic rings. The number of fused-ring (bicyclic) bond motifs is 1. The van der Waals surface area contributed by atoms with Crippen molar-refractivity contribution in [1.29, 1.82) is 0 Å². The minimum absolute atomic E-state index is 0.0822. The molecule has 2 heterocycles. The molecule has 1 saturated heterocycles. The van der Waals surface area contributed by atoms with Gasteiger partial charge in [-0.25, -0.2) is 9.37 Å². The summed E-state index contributed by atoms with van der Waals surface area (Å²) in [7, 11) is 0. The van der Waals surface area contributed by atoms with Gasteiger partial charge in [0.25, 0.3) is 5.91 Å². The lowest BCUT2D eigenvalue weighted by atomic mass is 9.84. The SMILES string of the molecule is Cc1nccn1-c1ccc(CNC(=O)C2CC3CCCCC3N2C(=O)c2ccccc2)cc1F. The van der Waals surface area contributed by atoms with E-state index in [4.69, 9.17) is 0 Å². The van der Waals surface area contributed by atoms with Crippen LogP contribution in [-0.4, -0.2) is 38.3 Å². The zero-order valence-electron chi connectivity index (χ0n) is 19.3. The maximum absolute atomic E-state index is 14.8. The van der Waals surface area contributed by atoms with Crippen molar-refractivity contribution < 1.29 is 14.0 Å². The van der Waals surface area contributed by atoms with E-state index in [0.29, 0.717) is 35.0 Å². The van der Waals surface area contributed by atoms with E-state index < -0.39 is 6.04 Å². The molecule has 34 heavy (non-hydrogen) atoms. The Morgan fingerprint density at radius 1 is 1.12 bits per heavy atom. The molecule has 2 fully saturated rings. The third kappa shape index (κ3) is 4.22. The molecular formula is C27H29FN4O2. The maximum atomic E-state index is 14.8. The van der Waals surface area contributed by atoms with Crippen molar-refractivity contribution >= 4 is 11.8 Å². The number of rotatable bonds is 5. The molecular weight excluding hydrogens is 431 g/mol. The minimum atomic E-state index is -0.501. The van der Waals surface area contributed by atoms with Gasteiger partial charge in [-0.1, -0.05) is 37.1 Å². The van der Waals surface area contributed by atoms with Crippen LogP contribution < -0.4 is 5.32 Å². The monoisotopic (exact) mass is 460 g/mol. The van der Waals surface area contributed by atoms with Crippen LogP contribution in [0.2, 0.25) is 0 Å². The molecule has 1 N–H and O–H groups in total. The first kappa shape index (κ1) is 22.3. The second-order valence-corrected chi connectivity index (χ2v) is 9.29. The molecule has 1 aliphatic heterocycles. The van der Waals surface area contributed by atoms with Gasteiger partial charge in [0.1, 0.15) is 17.7 Å². The minimum Gasteiger partial charge on any atom is -0.350 e. The van der Waals surface area contributed by atoms with E-state index in [9.17, 15) is 14.0 Å². The first-order chi connectivity index (χ1) is 16.5. The lowest BCUT2D eigenvalue weighted by molar-refractivity contribution is -0.125. The molecule has 0 radical (unpaired) electrons. The van der Waals surface area contributed by atoms with Crippen molar-refractivity contribution in [3.8, 4) is 5.69 Å². The Morgan fingerprint density at radius 2 is 1.91 bits per heavy atom. The number of carbonyl (C=O) groups excluding carboxylic acids is 2. The topological polar surface area (TPSA) is 67.2 Å². The fraction of sp³-hybridized carbons (Fsp3) is 0.370. The number of carbonyl (C=O) groups is 2. The predicted molar refractivity (Wildman–Crippen MR) is 127 cm³/mol. The second kappa shape index (κ2) is 9.41. The van der Waals surface area contributed by atoms with Gasteiger partial charge < -0.3 is 14.8 Å². The molecule has 2 amide bonds. The Morgan fingerprint density at radius 3 is 2.65 bits per heavy atom. The standard InChI is InChI=1S/C27H29FN4O2/c1-18-29-13-14-31(18)24-12-11-19(15-22(24)28)17-30-26(33)25-16-21-9-5-6-10-23(21)32(25)27(34)20-7-3-2-4-8-20/h2-4,7-8,11-15,21,23,25H,5-6,9-10,16-17H2,1H3,(H,30,33). The lowest BCUT2D eigenvalue weighted by Gasteiger charge is -2.33. The Hall–Kier alpha value is -3.48. The van der Waals surface area contributed by atoms with Crippen molar-refractivity contribution in [2.75, 3.05) is 0 Å². The van der Waals surface area contributed by atoms with Gasteiger partial charge in [0, 0.05) is 30.5 Å².